The van der Waals surface area contributed by atoms with Crippen LogP contribution in [-0.4, -0.2) is 82.1 Å². The number of nitrogens with zero attached hydrogens (tertiary/aromatic N) is 1. The average Bonchev–Trinajstić information content (AvgIpc) is 3.00. The van der Waals surface area contributed by atoms with E-state index in [4.69, 9.17) is 23.8 Å². The van der Waals surface area contributed by atoms with E-state index in [9.17, 15) is 48.3 Å². The van der Waals surface area contributed by atoms with Crippen LogP contribution >= 0.6 is 0 Å². The summed E-state index contributed by atoms with van der Waals surface area (Å²) in [5, 5.41) is 3.96. The Hall–Kier alpha value is -3.32. The van der Waals surface area contributed by atoms with Gasteiger partial charge in [-0.1, -0.05) is 65.8 Å². The number of oxime groups is 1. The van der Waals surface area contributed by atoms with Gasteiger partial charge in [-0.2, -0.15) is 48.3 Å². The normalized spacial score (nSPS) is 23.3. The van der Waals surface area contributed by atoms with Crippen LogP contribution in [0.25, 0.3) is 12.2 Å². The van der Waals surface area contributed by atoms with Crippen LogP contribution in [0.2, 0.25) is 0 Å². The molecule has 0 saturated carbocycles. The van der Waals surface area contributed by atoms with Crippen molar-refractivity contribution in [2.24, 2.45) is 5.16 Å². The van der Waals surface area contributed by atoms with Crippen molar-refractivity contribution in [3.8, 4) is 0 Å². The molecule has 0 radical (unpaired) electrons. The summed E-state index contributed by atoms with van der Waals surface area (Å²) >= 11 is 0. The Morgan fingerprint density at radius 3 is 1.69 bits per heavy atom. The molecule has 268 valence electrons. The molecule has 5 atom stereocenters. The van der Waals surface area contributed by atoms with Gasteiger partial charge in [0.1, 0.15) is 12.2 Å². The molecule has 48 heavy (non-hydrogen) atoms. The Morgan fingerprint density at radius 2 is 1.21 bits per heavy atom. The summed E-state index contributed by atoms with van der Waals surface area (Å²) < 4.78 is 170. The van der Waals surface area contributed by atoms with Crippen LogP contribution in [0.4, 0.5) is 48.3 Å². The Balaban J connectivity index is 1.64. The molecule has 1 aliphatic rings. The van der Waals surface area contributed by atoms with Crippen LogP contribution in [0.5, 0.6) is 0 Å². The van der Waals surface area contributed by atoms with Gasteiger partial charge in [0.05, 0.1) is 12.3 Å². The van der Waals surface area contributed by atoms with Crippen molar-refractivity contribution >= 4 is 18.4 Å². The van der Waals surface area contributed by atoms with Gasteiger partial charge in [0.2, 0.25) is 0 Å². The fourth-order valence-corrected chi connectivity index (χ4v) is 4.48. The van der Waals surface area contributed by atoms with Gasteiger partial charge < -0.3 is 23.8 Å². The lowest BCUT2D eigenvalue weighted by Crippen LogP contribution is -2.59. The molecule has 1 aliphatic heterocycles. The van der Waals surface area contributed by atoms with E-state index in [0.29, 0.717) is 29.9 Å². The van der Waals surface area contributed by atoms with Crippen LogP contribution in [0.1, 0.15) is 36.1 Å². The number of halogens is 11. The fourth-order valence-electron chi connectivity index (χ4n) is 4.48. The highest BCUT2D eigenvalue weighted by molar-refractivity contribution is 5.80. The molecule has 18 heteroatoms. The van der Waals surface area contributed by atoms with Crippen LogP contribution < -0.4 is 0 Å². The van der Waals surface area contributed by atoms with Gasteiger partial charge in [-0.25, -0.2) is 4.74 Å². The van der Waals surface area contributed by atoms with E-state index >= 15 is 0 Å². The number of hydrogen-bond acceptors (Lipinski definition) is 7. The lowest BCUT2D eigenvalue weighted by Gasteiger charge is -2.42. The summed E-state index contributed by atoms with van der Waals surface area (Å²) in [5.74, 6) is -12.9. The molecular formula is C30H30F11NO6. The molecule has 0 N–H and O–H groups in total. The van der Waals surface area contributed by atoms with Crippen LogP contribution in [0.3, 0.4) is 0 Å². The quantitative estimate of drug-likeness (QED) is 0.0861. The largest absolute Gasteiger partial charge is 0.462 e. The SMILES string of the molecule is CCOC1C(OC)C(C)OC(ON=Cc2ccc(C=Cc3ccc(C(F)(F)C(F)(F)OC(F)(F)C(F)(F)C(F)(F)F)cc3)cc2)C1OC. The second-order valence-electron chi connectivity index (χ2n) is 10.3. The van der Waals surface area contributed by atoms with E-state index in [1.54, 1.807) is 31.2 Å². The molecular weight excluding hydrogens is 679 g/mol. The summed E-state index contributed by atoms with van der Waals surface area (Å²) in [7, 11) is 2.99. The van der Waals surface area contributed by atoms with Crippen molar-refractivity contribution in [3.63, 3.8) is 0 Å². The van der Waals surface area contributed by atoms with E-state index in [1.807, 2.05) is 6.92 Å². The first-order valence-corrected chi connectivity index (χ1v) is 13.9. The third kappa shape index (κ3) is 8.45. The summed E-state index contributed by atoms with van der Waals surface area (Å²) in [6, 6.07) is 8.91. The first-order valence-electron chi connectivity index (χ1n) is 13.9. The summed E-state index contributed by atoms with van der Waals surface area (Å²) in [6.07, 6.45) is -19.2. The first kappa shape index (κ1) is 39.1. The van der Waals surface area contributed by atoms with E-state index in [2.05, 4.69) is 9.89 Å². The third-order valence-corrected chi connectivity index (χ3v) is 7.02. The average molecular weight is 710 g/mol. The second-order valence-corrected chi connectivity index (χ2v) is 10.3. The molecule has 2 aromatic rings. The zero-order valence-corrected chi connectivity index (χ0v) is 25.5. The third-order valence-electron chi connectivity index (χ3n) is 7.02. The highest BCUT2D eigenvalue weighted by Gasteiger charge is 2.78. The predicted molar refractivity (Wildman–Crippen MR) is 148 cm³/mol. The Bertz CT molecular complexity index is 1390. The smallest absolute Gasteiger partial charge is 0.376 e. The fraction of sp³-hybridized carbons (Fsp3) is 0.500. The van der Waals surface area contributed by atoms with E-state index in [-0.39, 0.29) is 5.56 Å². The predicted octanol–water partition coefficient (Wildman–Crippen LogP) is 7.88. The zero-order chi connectivity index (χ0) is 36.1. The van der Waals surface area contributed by atoms with Crippen molar-refractivity contribution < 1.29 is 76.8 Å². The van der Waals surface area contributed by atoms with Gasteiger partial charge in [-0.15, -0.1) is 0 Å². The number of ether oxygens (including phenoxy) is 5. The lowest BCUT2D eigenvalue weighted by molar-refractivity contribution is -0.498. The lowest BCUT2D eigenvalue weighted by atomic mass is 9.99. The van der Waals surface area contributed by atoms with Gasteiger partial charge in [0.25, 0.3) is 6.29 Å². The standard InChI is InChI=1S/C30H30F11NO6/c1-5-45-23-22(43-3)17(2)46-25(24(23)44-4)47-42-16-20-10-8-18(9-11-20)6-7-19-12-14-21(15-13-19)26(31,32)29(38,39)48-30(40,41)27(33,34)28(35,36)37/h6-17,22-25H,5H2,1-4H3. The Morgan fingerprint density at radius 1 is 0.708 bits per heavy atom. The Labute approximate surface area is 267 Å². The maximum absolute atomic E-state index is 14.3. The number of methoxy groups -OCH3 is 2. The van der Waals surface area contributed by atoms with Gasteiger partial charge in [-0.3, -0.25) is 0 Å². The van der Waals surface area contributed by atoms with Crippen LogP contribution in [-0.2, 0) is 34.4 Å². The highest BCUT2D eigenvalue weighted by Crippen LogP contribution is 2.53. The van der Waals surface area contributed by atoms with E-state index in [0.717, 1.165) is 12.1 Å². The van der Waals surface area contributed by atoms with Gasteiger partial charge in [0, 0.05) is 26.4 Å². The molecule has 7 nitrogen and oxygen atoms in total. The first-order chi connectivity index (χ1) is 22.2. The summed E-state index contributed by atoms with van der Waals surface area (Å²) in [5.41, 5.74) is -0.389. The molecule has 1 heterocycles. The monoisotopic (exact) mass is 709 g/mol. The minimum Gasteiger partial charge on any atom is -0.376 e. The van der Waals surface area contributed by atoms with Crippen LogP contribution in [0.15, 0.2) is 53.7 Å². The van der Waals surface area contributed by atoms with Crippen molar-refractivity contribution in [1.82, 2.24) is 0 Å². The van der Waals surface area contributed by atoms with Crippen molar-refractivity contribution in [2.45, 2.75) is 74.8 Å². The molecule has 1 fully saturated rings. The molecule has 0 spiro atoms. The molecule has 5 unspecified atom stereocenters. The van der Waals surface area contributed by atoms with Gasteiger partial charge in [0.15, 0.2) is 6.10 Å². The molecule has 0 aliphatic carbocycles. The summed E-state index contributed by atoms with van der Waals surface area (Å²) in [6.45, 7) is 4.01. The zero-order valence-electron chi connectivity index (χ0n) is 25.5. The molecule has 0 aromatic heterocycles. The highest BCUT2D eigenvalue weighted by atomic mass is 19.4. The second kappa shape index (κ2) is 15.1. The Kier molecular flexibility index (Phi) is 12.3. The maximum Gasteiger partial charge on any atom is 0.462 e. The topological polar surface area (TPSA) is 67.7 Å². The van der Waals surface area contributed by atoms with Crippen LogP contribution in [0, 0.1) is 0 Å². The van der Waals surface area contributed by atoms with E-state index in [1.165, 1.54) is 32.6 Å². The van der Waals surface area contributed by atoms with Crippen molar-refractivity contribution in [2.75, 3.05) is 20.8 Å². The van der Waals surface area contributed by atoms with Crippen molar-refractivity contribution in [3.05, 3.63) is 70.8 Å². The maximum atomic E-state index is 14.3. The van der Waals surface area contributed by atoms with E-state index < -0.39 is 66.5 Å². The number of benzene rings is 2. The number of rotatable bonds is 14. The summed E-state index contributed by atoms with van der Waals surface area (Å²) in [4.78, 5) is 5.52. The molecule has 3 rings (SSSR count). The number of alkyl halides is 11. The van der Waals surface area contributed by atoms with Gasteiger partial charge in [-0.05, 0) is 30.5 Å². The number of hydrogen-bond donors (Lipinski definition) is 0. The minimum absolute atomic E-state index is 0.141. The van der Waals surface area contributed by atoms with Crippen molar-refractivity contribution in [1.29, 1.82) is 0 Å². The molecule has 0 amide bonds. The van der Waals surface area contributed by atoms with Gasteiger partial charge >= 0.3 is 30.2 Å². The molecule has 0 bridgehead atoms. The molecule has 1 saturated heterocycles. The molecule has 2 aromatic carbocycles. The minimum atomic E-state index is -7.19.